The van der Waals surface area contributed by atoms with Gasteiger partial charge in [-0.25, -0.2) is 9.13 Å². The van der Waals surface area contributed by atoms with Gasteiger partial charge in [0.1, 0.15) is 19.3 Å². The van der Waals surface area contributed by atoms with Gasteiger partial charge in [-0.05, 0) is 49.4 Å². The molecule has 19 heteroatoms. The molecule has 0 spiro atoms. The lowest BCUT2D eigenvalue weighted by molar-refractivity contribution is -0.161. The van der Waals surface area contributed by atoms with Gasteiger partial charge in [0.25, 0.3) is 0 Å². The lowest BCUT2D eigenvalue weighted by Gasteiger charge is -2.21. The van der Waals surface area contributed by atoms with Crippen molar-refractivity contribution in [3.63, 3.8) is 0 Å². The van der Waals surface area contributed by atoms with Gasteiger partial charge in [-0.3, -0.25) is 37.3 Å². The van der Waals surface area contributed by atoms with E-state index in [-0.39, 0.29) is 25.7 Å². The van der Waals surface area contributed by atoms with Gasteiger partial charge in [0.15, 0.2) is 12.2 Å². The molecule has 0 aliphatic heterocycles. The van der Waals surface area contributed by atoms with E-state index >= 15 is 0 Å². The van der Waals surface area contributed by atoms with Gasteiger partial charge in [-0.1, -0.05) is 351 Å². The van der Waals surface area contributed by atoms with E-state index in [1.807, 2.05) is 0 Å². The van der Waals surface area contributed by atoms with Crippen molar-refractivity contribution in [2.24, 2.45) is 23.7 Å². The van der Waals surface area contributed by atoms with Crippen molar-refractivity contribution in [1.82, 2.24) is 0 Å². The Kier molecular flexibility index (Phi) is 66.8. The topological polar surface area (TPSA) is 237 Å². The Hall–Kier alpha value is -1.94. The van der Waals surface area contributed by atoms with Crippen LogP contribution in [0, 0.1) is 23.7 Å². The van der Waals surface area contributed by atoms with Crippen LogP contribution in [0.5, 0.6) is 0 Å². The highest BCUT2D eigenvalue weighted by molar-refractivity contribution is 7.47. The van der Waals surface area contributed by atoms with E-state index in [1.165, 1.54) is 205 Å². The minimum atomic E-state index is -4.96. The first-order valence-corrected chi connectivity index (χ1v) is 43.7. The van der Waals surface area contributed by atoms with E-state index in [1.54, 1.807) is 0 Å². The number of aliphatic hydroxyl groups is 1. The summed E-state index contributed by atoms with van der Waals surface area (Å²) in [6.45, 7) is 14.2. The third-order valence-corrected chi connectivity index (χ3v) is 20.2. The van der Waals surface area contributed by atoms with Gasteiger partial charge in [0.05, 0.1) is 26.4 Å². The molecule has 98 heavy (non-hydrogen) atoms. The van der Waals surface area contributed by atoms with Crippen LogP contribution in [0.2, 0.25) is 0 Å². The van der Waals surface area contributed by atoms with Crippen molar-refractivity contribution < 1.29 is 80.2 Å². The van der Waals surface area contributed by atoms with Crippen molar-refractivity contribution >= 4 is 39.5 Å². The number of phosphoric ester groups is 2. The third kappa shape index (κ3) is 72.4. The van der Waals surface area contributed by atoms with Gasteiger partial charge in [-0.15, -0.1) is 0 Å². The number of carbonyl (C=O) groups is 4. The Morgan fingerprint density at radius 3 is 0.633 bits per heavy atom. The zero-order valence-electron chi connectivity index (χ0n) is 64.4. The molecule has 0 saturated carbocycles. The normalized spacial score (nSPS) is 14.1. The number of unbranched alkanes of at least 4 members (excludes halogenated alkanes) is 42. The lowest BCUT2D eigenvalue weighted by Crippen LogP contribution is -2.30. The van der Waals surface area contributed by atoms with Gasteiger partial charge >= 0.3 is 39.5 Å². The molecule has 0 saturated heterocycles. The molecule has 0 aromatic carbocycles. The Labute approximate surface area is 600 Å². The smallest absolute Gasteiger partial charge is 0.462 e. The maximum atomic E-state index is 13.1. The van der Waals surface area contributed by atoms with Crippen molar-refractivity contribution in [1.29, 1.82) is 0 Å². The zero-order valence-corrected chi connectivity index (χ0v) is 66.2. The Bertz CT molecular complexity index is 1920. The Morgan fingerprint density at radius 2 is 0.429 bits per heavy atom. The first kappa shape index (κ1) is 96.1. The summed E-state index contributed by atoms with van der Waals surface area (Å²) < 4.78 is 68.7. The van der Waals surface area contributed by atoms with Crippen LogP contribution < -0.4 is 0 Å². The number of esters is 4. The fourth-order valence-electron chi connectivity index (χ4n) is 12.1. The van der Waals surface area contributed by atoms with Gasteiger partial charge < -0.3 is 33.8 Å². The highest BCUT2D eigenvalue weighted by Crippen LogP contribution is 2.45. The monoisotopic (exact) mass is 1440 g/mol. The Balaban J connectivity index is 5.26. The summed E-state index contributed by atoms with van der Waals surface area (Å²) in [7, 11) is -9.92. The molecule has 5 atom stereocenters. The number of aliphatic hydroxyl groups excluding tert-OH is 1. The van der Waals surface area contributed by atoms with E-state index in [0.29, 0.717) is 25.7 Å². The van der Waals surface area contributed by atoms with E-state index in [0.717, 1.165) is 114 Å². The van der Waals surface area contributed by atoms with Crippen molar-refractivity contribution in [2.75, 3.05) is 39.6 Å². The Morgan fingerprint density at radius 1 is 0.255 bits per heavy atom. The van der Waals surface area contributed by atoms with Crippen molar-refractivity contribution in [3.05, 3.63) is 0 Å². The van der Waals surface area contributed by atoms with Crippen LogP contribution in [-0.2, 0) is 65.4 Å². The minimum absolute atomic E-state index is 0.105. The van der Waals surface area contributed by atoms with E-state index in [4.69, 9.17) is 37.0 Å². The second-order valence-corrected chi connectivity index (χ2v) is 33.3. The molecular formula is C79H154O17P2. The maximum absolute atomic E-state index is 13.1. The molecule has 3 N–H and O–H groups in total. The lowest BCUT2D eigenvalue weighted by atomic mass is 10.0. The summed E-state index contributed by atoms with van der Waals surface area (Å²) in [6.07, 6.45) is 54.1. The van der Waals surface area contributed by atoms with Crippen molar-refractivity contribution in [3.8, 4) is 0 Å². The first-order valence-electron chi connectivity index (χ1n) is 40.7. The third-order valence-electron chi connectivity index (χ3n) is 18.3. The number of hydrogen-bond donors (Lipinski definition) is 3. The molecular weight excluding hydrogens is 1280 g/mol. The average molecular weight is 1440 g/mol. The highest BCUT2D eigenvalue weighted by atomic mass is 31.2. The highest BCUT2D eigenvalue weighted by Gasteiger charge is 2.30. The molecule has 0 bridgehead atoms. The minimum Gasteiger partial charge on any atom is -0.462 e. The van der Waals surface area contributed by atoms with Crippen LogP contribution in [0.3, 0.4) is 0 Å². The number of rotatable bonds is 76. The molecule has 0 rings (SSSR count). The molecule has 0 heterocycles. The first-order chi connectivity index (χ1) is 47.1. The second kappa shape index (κ2) is 68.2. The fourth-order valence-corrected chi connectivity index (χ4v) is 13.7. The average Bonchev–Trinajstić information content (AvgIpc) is 0.949. The summed E-state index contributed by atoms with van der Waals surface area (Å²) in [5.41, 5.74) is 0. The summed E-state index contributed by atoms with van der Waals surface area (Å²) in [4.78, 5) is 73.0. The molecule has 17 nitrogen and oxygen atoms in total. The fraction of sp³-hybridized carbons (Fsp3) is 0.949. The number of carbonyl (C=O) groups excluding carboxylic acids is 4. The predicted molar refractivity (Wildman–Crippen MR) is 400 cm³/mol. The van der Waals surface area contributed by atoms with E-state index in [9.17, 15) is 43.2 Å². The summed E-state index contributed by atoms with van der Waals surface area (Å²) >= 11 is 0. The largest absolute Gasteiger partial charge is 0.472 e. The van der Waals surface area contributed by atoms with Crippen molar-refractivity contribution in [2.45, 2.75) is 420 Å². The van der Waals surface area contributed by atoms with E-state index < -0.39 is 97.5 Å². The zero-order chi connectivity index (χ0) is 72.4. The van der Waals surface area contributed by atoms with Gasteiger partial charge in [0, 0.05) is 25.7 Å². The van der Waals surface area contributed by atoms with Crippen LogP contribution in [0.4, 0.5) is 0 Å². The van der Waals surface area contributed by atoms with Gasteiger partial charge in [-0.2, -0.15) is 0 Å². The molecule has 3 unspecified atom stereocenters. The van der Waals surface area contributed by atoms with Crippen LogP contribution in [0.1, 0.15) is 402 Å². The quantitative estimate of drug-likeness (QED) is 0.0222. The molecule has 582 valence electrons. The summed E-state index contributed by atoms with van der Waals surface area (Å²) in [6, 6.07) is 0. The SMILES string of the molecule is CC(C)CCCCCCCCCCCCCCCCC(=O)OC[C@H](COP(=O)(O)OCC(O)COP(=O)(O)OC[C@@H](COC(=O)CCCCCCCCCCC(C)C)OC(=O)CCCCCCCCCCCCC(C)C)OC(=O)CCCCCCCCCCCCCCCCC(C)C. The summed E-state index contributed by atoms with van der Waals surface area (Å²) in [5.74, 6) is 0.956. The van der Waals surface area contributed by atoms with Crippen LogP contribution in [-0.4, -0.2) is 96.7 Å². The molecule has 0 aliphatic rings. The van der Waals surface area contributed by atoms with Crippen LogP contribution in [0.15, 0.2) is 0 Å². The van der Waals surface area contributed by atoms with Crippen LogP contribution >= 0.6 is 15.6 Å². The number of hydrogen-bond acceptors (Lipinski definition) is 15. The van der Waals surface area contributed by atoms with Crippen LogP contribution in [0.25, 0.3) is 0 Å². The molecule has 0 aliphatic carbocycles. The molecule has 0 fully saturated rings. The van der Waals surface area contributed by atoms with Gasteiger partial charge in [0.2, 0.25) is 0 Å². The maximum Gasteiger partial charge on any atom is 0.472 e. The number of phosphoric acid groups is 2. The molecule has 0 aromatic heterocycles. The standard InChI is InChI=1S/C79H154O17P2/c1-69(2)55-47-39-31-23-17-13-9-11-15-19-26-35-43-51-59-76(81)89-65-74(95-78(83)61-53-45-37-27-20-16-12-10-14-18-24-32-40-48-56-70(3)4)67-93-97(85,86)91-63-73(80)64-92-98(87,88)94-68-75(66-90-77(82)60-52-44-36-30-29-34-42-50-58-72(7)8)96-79(84)62-54-46-38-28-22-21-25-33-41-49-57-71(5)6/h69-75,80H,9-68H2,1-8H3,(H,85,86)(H,87,88)/t73?,74-,75-/m1/s1. The molecule has 0 radical (unpaired) electrons. The summed E-state index contributed by atoms with van der Waals surface area (Å²) in [5, 5.41) is 10.6. The number of ether oxygens (including phenoxy) is 4. The van der Waals surface area contributed by atoms with E-state index in [2.05, 4.69) is 55.4 Å². The predicted octanol–water partition coefficient (Wildman–Crippen LogP) is 23.2. The second-order valence-electron chi connectivity index (χ2n) is 30.4. The molecule has 0 amide bonds. The molecule has 0 aromatic rings.